The van der Waals surface area contributed by atoms with Gasteiger partial charge in [-0.3, -0.25) is 14.5 Å². The van der Waals surface area contributed by atoms with Crippen LogP contribution in [0, 0.1) is 35.5 Å². The van der Waals surface area contributed by atoms with E-state index in [4.69, 9.17) is 0 Å². The lowest BCUT2D eigenvalue weighted by molar-refractivity contribution is -0.124. The molecule has 0 radical (unpaired) electrons. The van der Waals surface area contributed by atoms with Gasteiger partial charge in [0.25, 0.3) is 0 Å². The van der Waals surface area contributed by atoms with Crippen molar-refractivity contribution in [3.05, 3.63) is 66.7 Å². The van der Waals surface area contributed by atoms with Crippen LogP contribution in [0.5, 0.6) is 0 Å². The summed E-state index contributed by atoms with van der Waals surface area (Å²) in [6.45, 7) is 0. The first kappa shape index (κ1) is 14.5. The van der Waals surface area contributed by atoms with Crippen LogP contribution in [0.3, 0.4) is 0 Å². The zero-order valence-electron chi connectivity index (χ0n) is 14.3. The Hall–Kier alpha value is -2.68. The highest BCUT2D eigenvalue weighted by atomic mass is 16.2. The molecule has 6 atom stereocenters. The van der Waals surface area contributed by atoms with Gasteiger partial charge in [0.1, 0.15) is 0 Å². The van der Waals surface area contributed by atoms with E-state index in [1.807, 2.05) is 42.5 Å². The molecule has 5 aliphatic rings. The van der Waals surface area contributed by atoms with Gasteiger partial charge in [-0.2, -0.15) is 0 Å². The summed E-state index contributed by atoms with van der Waals surface area (Å²) in [5.41, 5.74) is 2.94. The molecule has 128 valence electrons. The quantitative estimate of drug-likeness (QED) is 0.613. The van der Waals surface area contributed by atoms with Crippen LogP contribution in [-0.2, 0) is 9.59 Å². The van der Waals surface area contributed by atoms with E-state index in [2.05, 4.69) is 24.3 Å². The zero-order chi connectivity index (χ0) is 17.4. The number of amides is 2. The lowest BCUT2D eigenvalue weighted by Crippen LogP contribution is -2.40. The van der Waals surface area contributed by atoms with Crippen molar-refractivity contribution in [1.82, 2.24) is 0 Å². The topological polar surface area (TPSA) is 37.4 Å². The van der Waals surface area contributed by atoms with Gasteiger partial charge in [-0.05, 0) is 53.4 Å². The van der Waals surface area contributed by atoms with Gasteiger partial charge in [-0.25, -0.2) is 0 Å². The van der Waals surface area contributed by atoms with Crippen molar-refractivity contribution in [2.45, 2.75) is 6.42 Å². The van der Waals surface area contributed by atoms with E-state index in [1.165, 1.54) is 11.3 Å². The van der Waals surface area contributed by atoms with Crippen LogP contribution in [0.4, 0.5) is 5.69 Å². The van der Waals surface area contributed by atoms with Gasteiger partial charge in [-0.15, -0.1) is 0 Å². The predicted octanol–water partition coefficient (Wildman–Crippen LogP) is 3.91. The minimum atomic E-state index is -0.130. The van der Waals surface area contributed by atoms with Crippen LogP contribution >= 0.6 is 0 Å². The van der Waals surface area contributed by atoms with E-state index in [9.17, 15) is 9.59 Å². The molecular weight excluding hydrogens is 322 g/mol. The standard InChI is InChI=1S/C23H19NO2/c25-22-20-16-10-11-17(19-12-18(16)19)21(20)23(26)24(22)15-8-6-14(7-9-15)13-4-2-1-3-5-13/h1-11,16-21H,12H2/t16-,17-,18-,19+,20-,21+/m0/s1. The van der Waals surface area contributed by atoms with E-state index >= 15 is 0 Å². The number of carbonyl (C=O) groups excluding carboxylic acids is 2. The molecule has 2 bridgehead atoms. The molecule has 3 fully saturated rings. The van der Waals surface area contributed by atoms with Gasteiger partial charge in [0.05, 0.1) is 17.5 Å². The van der Waals surface area contributed by atoms with E-state index in [0.717, 1.165) is 11.1 Å². The number of imide groups is 1. The second-order valence-electron chi connectivity index (χ2n) is 8.08. The summed E-state index contributed by atoms with van der Waals surface area (Å²) in [5.74, 6) is 1.60. The number of hydrogen-bond donors (Lipinski definition) is 0. The number of allylic oxidation sites excluding steroid dienone is 2. The van der Waals surface area contributed by atoms with Gasteiger partial charge in [-0.1, -0.05) is 54.6 Å². The van der Waals surface area contributed by atoms with Crippen LogP contribution in [0.15, 0.2) is 66.7 Å². The summed E-state index contributed by atoms with van der Waals surface area (Å²) in [5, 5.41) is 0. The highest BCUT2D eigenvalue weighted by Crippen LogP contribution is 2.65. The Bertz CT molecular complexity index is 910. The van der Waals surface area contributed by atoms with Crippen molar-refractivity contribution in [2.24, 2.45) is 35.5 Å². The minimum Gasteiger partial charge on any atom is -0.274 e. The Morgan fingerprint density at radius 1 is 0.692 bits per heavy atom. The third-order valence-corrected chi connectivity index (χ3v) is 6.90. The molecule has 1 heterocycles. The minimum absolute atomic E-state index is 0.0113. The Balaban J connectivity index is 1.35. The van der Waals surface area contributed by atoms with Gasteiger partial charge in [0.2, 0.25) is 11.8 Å². The first-order chi connectivity index (χ1) is 12.7. The first-order valence-corrected chi connectivity index (χ1v) is 9.45. The van der Waals surface area contributed by atoms with Crippen molar-refractivity contribution in [3.8, 4) is 11.1 Å². The molecule has 0 aromatic heterocycles. The van der Waals surface area contributed by atoms with Gasteiger partial charge in [0, 0.05) is 0 Å². The van der Waals surface area contributed by atoms with Crippen LogP contribution in [-0.4, -0.2) is 11.8 Å². The first-order valence-electron chi connectivity index (χ1n) is 9.45. The molecule has 3 heteroatoms. The average molecular weight is 341 g/mol. The Labute approximate surface area is 152 Å². The normalized spacial score (nSPS) is 36.2. The van der Waals surface area contributed by atoms with Crippen LogP contribution in [0.25, 0.3) is 11.1 Å². The molecular formula is C23H19NO2. The summed E-state index contributed by atoms with van der Waals surface area (Å²) in [7, 11) is 0. The SMILES string of the molecule is O=C1[C@@H]2[C@H]3C=C[C@@H]([C@@H]4C[C@H]34)[C@@H]2C(=O)N1c1ccc(-c2ccccc2)cc1. The van der Waals surface area contributed by atoms with Crippen molar-refractivity contribution >= 4 is 17.5 Å². The van der Waals surface area contributed by atoms with E-state index < -0.39 is 0 Å². The second kappa shape index (κ2) is 4.94. The monoisotopic (exact) mass is 341 g/mol. The fourth-order valence-corrected chi connectivity index (χ4v) is 5.65. The van der Waals surface area contributed by atoms with Gasteiger partial charge in [0.15, 0.2) is 0 Å². The van der Waals surface area contributed by atoms with Gasteiger partial charge >= 0.3 is 0 Å². The fourth-order valence-electron chi connectivity index (χ4n) is 5.65. The second-order valence-corrected chi connectivity index (χ2v) is 8.08. The van der Waals surface area contributed by atoms with Crippen molar-refractivity contribution in [1.29, 1.82) is 0 Å². The third-order valence-electron chi connectivity index (χ3n) is 6.90. The molecule has 0 unspecified atom stereocenters. The molecule has 2 aromatic carbocycles. The number of anilines is 1. The van der Waals surface area contributed by atoms with Crippen LogP contribution in [0.1, 0.15) is 6.42 Å². The van der Waals surface area contributed by atoms with Crippen LogP contribution < -0.4 is 4.90 Å². The van der Waals surface area contributed by atoms with E-state index in [-0.39, 0.29) is 35.5 Å². The molecule has 0 N–H and O–H groups in total. The zero-order valence-corrected chi connectivity index (χ0v) is 14.3. The summed E-state index contributed by atoms with van der Waals surface area (Å²) in [4.78, 5) is 27.7. The largest absolute Gasteiger partial charge is 0.274 e. The average Bonchev–Trinajstić information content (AvgIpc) is 3.47. The van der Waals surface area contributed by atoms with Crippen molar-refractivity contribution < 1.29 is 9.59 Å². The Morgan fingerprint density at radius 3 is 1.81 bits per heavy atom. The lowest BCUT2D eigenvalue weighted by atomic mass is 9.63. The summed E-state index contributed by atoms with van der Waals surface area (Å²) in [6.07, 6.45) is 5.63. The molecule has 2 amide bonds. The van der Waals surface area contributed by atoms with E-state index in [1.54, 1.807) is 0 Å². The predicted molar refractivity (Wildman–Crippen MR) is 99.1 cm³/mol. The number of carbonyl (C=O) groups is 2. The number of nitrogens with zero attached hydrogens (tertiary/aromatic N) is 1. The maximum atomic E-state index is 13.1. The Morgan fingerprint density at radius 2 is 1.23 bits per heavy atom. The molecule has 1 saturated heterocycles. The molecule has 1 aliphatic heterocycles. The maximum Gasteiger partial charge on any atom is 0.238 e. The van der Waals surface area contributed by atoms with E-state index in [0.29, 0.717) is 17.5 Å². The molecule has 2 saturated carbocycles. The van der Waals surface area contributed by atoms with Crippen LogP contribution in [0.2, 0.25) is 0 Å². The lowest BCUT2D eigenvalue weighted by Gasteiger charge is -2.37. The summed E-state index contributed by atoms with van der Waals surface area (Å²) in [6, 6.07) is 17.9. The number of hydrogen-bond acceptors (Lipinski definition) is 2. The molecule has 0 spiro atoms. The number of rotatable bonds is 2. The van der Waals surface area contributed by atoms with Gasteiger partial charge < -0.3 is 0 Å². The molecule has 7 rings (SSSR count). The van der Waals surface area contributed by atoms with Crippen molar-refractivity contribution in [3.63, 3.8) is 0 Å². The summed E-state index contributed by atoms with van der Waals surface area (Å²) >= 11 is 0. The fraction of sp³-hybridized carbons (Fsp3) is 0.304. The number of benzene rings is 2. The highest BCUT2D eigenvalue weighted by Gasteiger charge is 2.67. The molecule has 2 aromatic rings. The molecule has 3 nitrogen and oxygen atoms in total. The highest BCUT2D eigenvalue weighted by molar-refractivity contribution is 6.22. The third kappa shape index (κ3) is 1.78. The summed E-state index contributed by atoms with van der Waals surface area (Å²) < 4.78 is 0. The molecule has 4 aliphatic carbocycles. The molecule has 26 heavy (non-hydrogen) atoms. The Kier molecular flexibility index (Phi) is 2.75. The van der Waals surface area contributed by atoms with Crippen molar-refractivity contribution in [2.75, 3.05) is 4.90 Å². The smallest absolute Gasteiger partial charge is 0.238 e. The maximum absolute atomic E-state index is 13.1.